The molecular weight excluding hydrogens is 442 g/mol. The molecule has 3 heterocycles. The summed E-state index contributed by atoms with van der Waals surface area (Å²) in [7, 11) is 0. The van der Waals surface area contributed by atoms with Gasteiger partial charge in [-0.05, 0) is 75.0 Å². The fourth-order valence-electron chi connectivity index (χ4n) is 4.97. The number of piperidine rings is 1. The van der Waals surface area contributed by atoms with Gasteiger partial charge in [-0.15, -0.1) is 0 Å². The molecule has 1 aromatic heterocycles. The number of rotatable bonds is 7. The summed E-state index contributed by atoms with van der Waals surface area (Å²) in [5, 5.41) is 3.03. The number of likely N-dealkylation sites (tertiary alicyclic amines) is 1. The molecule has 1 aliphatic carbocycles. The summed E-state index contributed by atoms with van der Waals surface area (Å²) in [5.41, 5.74) is 6.25. The van der Waals surface area contributed by atoms with Crippen LogP contribution in [0.5, 0.6) is 5.88 Å². The number of aromatic nitrogens is 2. The van der Waals surface area contributed by atoms with Gasteiger partial charge in [0.2, 0.25) is 11.8 Å². The number of benzene rings is 1. The van der Waals surface area contributed by atoms with E-state index in [1.54, 1.807) is 6.07 Å². The Labute approximate surface area is 207 Å². The first-order chi connectivity index (χ1) is 17.1. The van der Waals surface area contributed by atoms with E-state index in [1.807, 2.05) is 11.0 Å². The standard InChI is InChI=1S/C27H35N5O3/c1-19-16-21-6-7-22(17-23(21)20(19)2)28-26(33)24-18-25(35-15-10-31-8-4-3-5-9-31)30-27(29-24)32-11-13-34-14-12-32/h6-7,17-18H,3-5,8-16H2,1-2H3,(H,28,33). The Kier molecular flexibility index (Phi) is 7.29. The van der Waals surface area contributed by atoms with Crippen LogP contribution < -0.4 is 15.0 Å². The number of anilines is 2. The topological polar surface area (TPSA) is 79.8 Å². The lowest BCUT2D eigenvalue weighted by Crippen LogP contribution is -2.37. The van der Waals surface area contributed by atoms with Crippen LogP contribution in [0.15, 0.2) is 29.8 Å². The van der Waals surface area contributed by atoms with Crippen LogP contribution in [0.25, 0.3) is 5.57 Å². The van der Waals surface area contributed by atoms with Crippen LogP contribution in [-0.4, -0.2) is 73.3 Å². The fourth-order valence-corrected chi connectivity index (χ4v) is 4.97. The monoisotopic (exact) mass is 477 g/mol. The largest absolute Gasteiger partial charge is 0.476 e. The molecule has 2 saturated heterocycles. The Morgan fingerprint density at radius 2 is 1.86 bits per heavy atom. The predicted molar refractivity (Wildman–Crippen MR) is 137 cm³/mol. The number of hydrogen-bond donors (Lipinski definition) is 1. The van der Waals surface area contributed by atoms with Gasteiger partial charge in [-0.2, -0.15) is 4.98 Å². The van der Waals surface area contributed by atoms with Gasteiger partial charge in [0, 0.05) is 31.4 Å². The number of nitrogens with zero attached hydrogens (tertiary/aromatic N) is 4. The van der Waals surface area contributed by atoms with E-state index in [0.717, 1.165) is 31.7 Å². The minimum Gasteiger partial charge on any atom is -0.476 e. The molecule has 1 N–H and O–H groups in total. The molecular formula is C27H35N5O3. The van der Waals surface area contributed by atoms with Crippen molar-refractivity contribution in [1.82, 2.24) is 14.9 Å². The van der Waals surface area contributed by atoms with E-state index in [9.17, 15) is 4.79 Å². The number of allylic oxidation sites excluding steroid dienone is 2. The Morgan fingerprint density at radius 3 is 2.66 bits per heavy atom. The van der Waals surface area contributed by atoms with Crippen LogP contribution in [0.2, 0.25) is 0 Å². The van der Waals surface area contributed by atoms with Crippen molar-refractivity contribution < 1.29 is 14.3 Å². The SMILES string of the molecule is CC1=C(C)c2cc(NC(=O)c3cc(OCCN4CCCCC4)nc(N4CCOCC4)n3)ccc2C1. The summed E-state index contributed by atoms with van der Waals surface area (Å²) in [6, 6.07) is 7.76. The van der Waals surface area contributed by atoms with Gasteiger partial charge in [0.1, 0.15) is 12.3 Å². The molecule has 2 fully saturated rings. The van der Waals surface area contributed by atoms with Crippen molar-refractivity contribution >= 4 is 23.1 Å². The first-order valence-corrected chi connectivity index (χ1v) is 12.7. The molecule has 186 valence electrons. The lowest BCUT2D eigenvalue weighted by atomic mass is 10.1. The molecule has 0 bridgehead atoms. The second kappa shape index (κ2) is 10.7. The number of nitrogens with one attached hydrogen (secondary N) is 1. The normalized spacial score (nSPS) is 18.5. The number of amides is 1. The third kappa shape index (κ3) is 5.65. The van der Waals surface area contributed by atoms with Crippen molar-refractivity contribution in [3.63, 3.8) is 0 Å². The van der Waals surface area contributed by atoms with E-state index in [-0.39, 0.29) is 5.91 Å². The van der Waals surface area contributed by atoms with Crippen LogP contribution in [0.3, 0.4) is 0 Å². The third-order valence-electron chi connectivity index (χ3n) is 7.19. The minimum absolute atomic E-state index is 0.265. The highest BCUT2D eigenvalue weighted by atomic mass is 16.5. The van der Waals surface area contributed by atoms with Crippen LogP contribution in [0.1, 0.15) is 54.7 Å². The summed E-state index contributed by atoms with van der Waals surface area (Å²) in [6.07, 6.45) is 4.78. The maximum Gasteiger partial charge on any atom is 0.274 e. The second-order valence-electron chi connectivity index (χ2n) is 9.65. The number of hydrogen-bond acceptors (Lipinski definition) is 7. The fraction of sp³-hybridized carbons (Fsp3) is 0.519. The molecule has 8 nitrogen and oxygen atoms in total. The molecule has 8 heteroatoms. The van der Waals surface area contributed by atoms with Gasteiger partial charge in [0.15, 0.2) is 0 Å². The van der Waals surface area contributed by atoms with Crippen molar-refractivity contribution in [3.8, 4) is 5.88 Å². The number of morpholine rings is 1. The van der Waals surface area contributed by atoms with Crippen molar-refractivity contribution in [2.45, 2.75) is 39.5 Å². The number of carbonyl (C=O) groups excluding carboxylic acids is 1. The smallest absolute Gasteiger partial charge is 0.274 e. The summed E-state index contributed by atoms with van der Waals surface area (Å²) >= 11 is 0. The zero-order valence-corrected chi connectivity index (χ0v) is 20.8. The Hall–Kier alpha value is -2.97. The van der Waals surface area contributed by atoms with Crippen LogP contribution in [-0.2, 0) is 11.2 Å². The van der Waals surface area contributed by atoms with Gasteiger partial charge >= 0.3 is 0 Å². The zero-order valence-electron chi connectivity index (χ0n) is 20.8. The van der Waals surface area contributed by atoms with Crippen molar-refractivity contribution in [3.05, 3.63) is 46.7 Å². The van der Waals surface area contributed by atoms with Gasteiger partial charge in [-0.3, -0.25) is 9.69 Å². The maximum absolute atomic E-state index is 13.2. The highest BCUT2D eigenvalue weighted by molar-refractivity contribution is 6.03. The number of carbonyl (C=O) groups is 1. The maximum atomic E-state index is 13.2. The number of fused-ring (bicyclic) bond motifs is 1. The summed E-state index contributed by atoms with van der Waals surface area (Å²) < 4.78 is 11.5. The van der Waals surface area contributed by atoms with E-state index in [2.05, 4.69) is 46.2 Å². The molecule has 2 aliphatic heterocycles. The lowest BCUT2D eigenvalue weighted by Gasteiger charge is -2.27. The molecule has 3 aliphatic rings. The van der Waals surface area contributed by atoms with Crippen molar-refractivity contribution in [1.29, 1.82) is 0 Å². The molecule has 0 radical (unpaired) electrons. The van der Waals surface area contributed by atoms with Gasteiger partial charge < -0.3 is 19.7 Å². The third-order valence-corrected chi connectivity index (χ3v) is 7.19. The molecule has 1 amide bonds. The molecule has 5 rings (SSSR count). The van der Waals surface area contributed by atoms with Gasteiger partial charge in [-0.25, -0.2) is 4.98 Å². The van der Waals surface area contributed by atoms with Crippen molar-refractivity contribution in [2.75, 3.05) is 62.8 Å². The van der Waals surface area contributed by atoms with Gasteiger partial charge in [0.05, 0.1) is 13.2 Å². The van der Waals surface area contributed by atoms with Crippen LogP contribution in [0, 0.1) is 0 Å². The Bertz CT molecular complexity index is 1100. The highest BCUT2D eigenvalue weighted by Crippen LogP contribution is 2.34. The van der Waals surface area contributed by atoms with E-state index in [1.165, 1.54) is 41.5 Å². The Balaban J connectivity index is 1.32. The Morgan fingerprint density at radius 1 is 1.06 bits per heavy atom. The molecule has 1 aromatic carbocycles. The molecule has 0 spiro atoms. The summed E-state index contributed by atoms with van der Waals surface area (Å²) in [6.45, 7) is 10.6. The van der Waals surface area contributed by atoms with E-state index >= 15 is 0 Å². The average Bonchev–Trinajstić information content (AvgIpc) is 3.18. The minimum atomic E-state index is -0.265. The highest BCUT2D eigenvalue weighted by Gasteiger charge is 2.21. The predicted octanol–water partition coefficient (Wildman–Crippen LogP) is 3.78. The van der Waals surface area contributed by atoms with Crippen LogP contribution in [0.4, 0.5) is 11.6 Å². The first-order valence-electron chi connectivity index (χ1n) is 12.7. The van der Waals surface area contributed by atoms with Gasteiger partial charge in [-0.1, -0.05) is 18.1 Å². The van der Waals surface area contributed by atoms with E-state index < -0.39 is 0 Å². The quantitative estimate of drug-likeness (QED) is 0.650. The number of ether oxygens (including phenoxy) is 2. The van der Waals surface area contributed by atoms with E-state index in [4.69, 9.17) is 9.47 Å². The summed E-state index contributed by atoms with van der Waals surface area (Å²) in [5.74, 6) is 0.684. The van der Waals surface area contributed by atoms with Crippen molar-refractivity contribution in [2.24, 2.45) is 0 Å². The zero-order chi connectivity index (χ0) is 24.2. The molecule has 0 atom stereocenters. The molecule has 0 saturated carbocycles. The second-order valence-corrected chi connectivity index (χ2v) is 9.65. The first kappa shape index (κ1) is 23.8. The van der Waals surface area contributed by atoms with Crippen LogP contribution >= 0.6 is 0 Å². The van der Waals surface area contributed by atoms with Gasteiger partial charge in [0.25, 0.3) is 5.91 Å². The summed E-state index contributed by atoms with van der Waals surface area (Å²) in [4.78, 5) is 26.9. The molecule has 0 unspecified atom stereocenters. The lowest BCUT2D eigenvalue weighted by molar-refractivity contribution is 0.102. The molecule has 2 aromatic rings. The average molecular weight is 478 g/mol. The van der Waals surface area contributed by atoms with E-state index in [0.29, 0.717) is 50.4 Å². The molecule has 35 heavy (non-hydrogen) atoms.